The van der Waals surface area contributed by atoms with Crippen molar-refractivity contribution in [1.82, 2.24) is 4.57 Å². The molecule has 1 heterocycles. The Morgan fingerprint density at radius 3 is 1.46 bits per heavy atom. The lowest BCUT2D eigenvalue weighted by Crippen LogP contribution is -2.17. The molecule has 2 heteroatoms. The molecule has 0 atom stereocenters. The van der Waals surface area contributed by atoms with Gasteiger partial charge in [-0.25, -0.2) is 0 Å². The first-order valence-corrected chi connectivity index (χ1v) is 24.5. The fourth-order valence-corrected chi connectivity index (χ4v) is 10.8. The highest BCUT2D eigenvalue weighted by atomic mass is 15.1. The number of aromatic nitrogens is 1. The minimum atomic E-state index is 0.679. The molecule has 0 aliphatic heterocycles. The summed E-state index contributed by atoms with van der Waals surface area (Å²) in [5.74, 6) is 0. The molecule has 0 N–H and O–H groups in total. The standard InChI is InChI=1S/C69H48N2/c1-2-16-48(17-3-1)50-38-42-58(43-39-50)70(59-44-40-51(41-45-59)49-34-36-54(37-35-49)62-29-13-21-52-18-4-8-26-61(52)62)47-57-20-6-7-25-60(57)55-23-12-24-56(46-55)64-30-15-33-68-69(64)65-28-10-11-31-67(65)71(68)66-32-14-22-53-19-5-9-27-63(53)66/h1-46H,47H2. The Kier molecular flexibility index (Phi) is 10.6. The molecule has 334 valence electrons. The fourth-order valence-electron chi connectivity index (χ4n) is 10.8. The van der Waals surface area contributed by atoms with Crippen LogP contribution in [-0.2, 0) is 6.54 Å². The molecule has 0 aliphatic carbocycles. The van der Waals surface area contributed by atoms with Crippen molar-refractivity contribution < 1.29 is 0 Å². The maximum atomic E-state index is 2.45. The van der Waals surface area contributed by atoms with E-state index < -0.39 is 0 Å². The number of hydrogen-bond acceptors (Lipinski definition) is 1. The van der Waals surface area contributed by atoms with Gasteiger partial charge in [-0.15, -0.1) is 0 Å². The average Bonchev–Trinajstić information content (AvgIpc) is 3.79. The van der Waals surface area contributed by atoms with E-state index in [0.29, 0.717) is 6.54 Å². The van der Waals surface area contributed by atoms with E-state index in [4.69, 9.17) is 0 Å². The molecule has 0 fully saturated rings. The summed E-state index contributed by atoms with van der Waals surface area (Å²) in [7, 11) is 0. The molecular weight excluding hydrogens is 857 g/mol. The van der Waals surface area contributed by atoms with Crippen LogP contribution in [0.3, 0.4) is 0 Å². The molecule has 0 unspecified atom stereocenters. The normalized spacial score (nSPS) is 11.4. The average molecular weight is 905 g/mol. The van der Waals surface area contributed by atoms with E-state index in [-0.39, 0.29) is 0 Å². The zero-order valence-electron chi connectivity index (χ0n) is 39.2. The first-order valence-electron chi connectivity index (χ1n) is 24.5. The molecule has 13 aromatic rings. The van der Waals surface area contributed by atoms with E-state index in [2.05, 4.69) is 289 Å². The van der Waals surface area contributed by atoms with Crippen LogP contribution in [-0.4, -0.2) is 4.57 Å². The first-order chi connectivity index (χ1) is 35.2. The molecule has 1 aromatic heterocycles. The summed E-state index contributed by atoms with van der Waals surface area (Å²) in [6, 6.07) is 102. The number of rotatable bonds is 10. The van der Waals surface area contributed by atoms with Gasteiger partial charge in [0.1, 0.15) is 0 Å². The van der Waals surface area contributed by atoms with Crippen LogP contribution in [0.15, 0.2) is 279 Å². The molecule has 0 spiro atoms. The van der Waals surface area contributed by atoms with Crippen molar-refractivity contribution in [3.63, 3.8) is 0 Å². The quantitative estimate of drug-likeness (QED) is 0.133. The highest BCUT2D eigenvalue weighted by molar-refractivity contribution is 6.16. The van der Waals surface area contributed by atoms with E-state index in [1.165, 1.54) is 110 Å². The molecule has 0 aliphatic rings. The van der Waals surface area contributed by atoms with E-state index >= 15 is 0 Å². The summed E-state index contributed by atoms with van der Waals surface area (Å²) >= 11 is 0. The van der Waals surface area contributed by atoms with Gasteiger partial charge in [-0.1, -0.05) is 231 Å². The van der Waals surface area contributed by atoms with Crippen molar-refractivity contribution in [3.8, 4) is 61.3 Å². The van der Waals surface area contributed by atoms with Gasteiger partial charge >= 0.3 is 0 Å². The van der Waals surface area contributed by atoms with Crippen LogP contribution in [0.4, 0.5) is 11.4 Å². The molecule has 0 saturated carbocycles. The molecule has 71 heavy (non-hydrogen) atoms. The van der Waals surface area contributed by atoms with Gasteiger partial charge in [0.2, 0.25) is 0 Å². The Labute approximate surface area is 414 Å². The molecule has 2 nitrogen and oxygen atoms in total. The highest BCUT2D eigenvalue weighted by Crippen LogP contribution is 2.42. The van der Waals surface area contributed by atoms with E-state index in [1.54, 1.807) is 0 Å². The Bertz CT molecular complexity index is 4040. The Morgan fingerprint density at radius 2 is 0.732 bits per heavy atom. The van der Waals surface area contributed by atoms with Crippen molar-refractivity contribution in [2.24, 2.45) is 0 Å². The Morgan fingerprint density at radius 1 is 0.282 bits per heavy atom. The van der Waals surface area contributed by atoms with Gasteiger partial charge in [-0.3, -0.25) is 0 Å². The number of nitrogens with zero attached hydrogens (tertiary/aromatic N) is 2. The minimum absolute atomic E-state index is 0.679. The van der Waals surface area contributed by atoms with Crippen molar-refractivity contribution in [1.29, 1.82) is 0 Å². The second-order valence-corrected chi connectivity index (χ2v) is 18.4. The zero-order chi connectivity index (χ0) is 47.1. The van der Waals surface area contributed by atoms with Gasteiger partial charge in [0.15, 0.2) is 0 Å². The molecule has 0 bridgehead atoms. The third-order valence-electron chi connectivity index (χ3n) is 14.3. The van der Waals surface area contributed by atoms with Crippen LogP contribution < -0.4 is 4.90 Å². The third kappa shape index (κ3) is 7.73. The molecule has 0 radical (unpaired) electrons. The minimum Gasteiger partial charge on any atom is -0.337 e. The summed E-state index contributed by atoms with van der Waals surface area (Å²) in [5.41, 5.74) is 19.2. The largest absolute Gasteiger partial charge is 0.337 e. The summed E-state index contributed by atoms with van der Waals surface area (Å²) in [5, 5.41) is 7.50. The molecule has 13 rings (SSSR count). The SMILES string of the molecule is c1ccc(-c2ccc(N(Cc3ccccc3-c3cccc(-c4cccc5c4c4ccccc4n5-c4cccc5ccccc45)c3)c3ccc(-c4ccc(-c5cccc6ccccc56)cc4)cc3)cc2)cc1. The van der Waals surface area contributed by atoms with Crippen LogP contribution in [0.1, 0.15) is 5.56 Å². The number of anilines is 2. The van der Waals surface area contributed by atoms with Crippen LogP contribution >= 0.6 is 0 Å². The van der Waals surface area contributed by atoms with Crippen molar-refractivity contribution in [2.75, 3.05) is 4.90 Å². The maximum Gasteiger partial charge on any atom is 0.0547 e. The molecule has 0 saturated heterocycles. The Hall–Kier alpha value is -9.24. The van der Waals surface area contributed by atoms with Gasteiger partial charge in [0.05, 0.1) is 16.7 Å². The fraction of sp³-hybridized carbons (Fsp3) is 0.0145. The second-order valence-electron chi connectivity index (χ2n) is 18.4. The summed E-state index contributed by atoms with van der Waals surface area (Å²) in [6.07, 6.45) is 0. The van der Waals surface area contributed by atoms with Gasteiger partial charge in [-0.05, 0) is 126 Å². The van der Waals surface area contributed by atoms with Gasteiger partial charge < -0.3 is 9.47 Å². The smallest absolute Gasteiger partial charge is 0.0547 e. The van der Waals surface area contributed by atoms with Crippen LogP contribution in [0.5, 0.6) is 0 Å². The lowest BCUT2D eigenvalue weighted by Gasteiger charge is -2.27. The maximum absolute atomic E-state index is 2.45. The van der Waals surface area contributed by atoms with Gasteiger partial charge in [-0.2, -0.15) is 0 Å². The number of para-hydroxylation sites is 1. The van der Waals surface area contributed by atoms with Crippen LogP contribution in [0.25, 0.3) is 105 Å². The summed E-state index contributed by atoms with van der Waals surface area (Å²) < 4.78 is 2.45. The molecule has 12 aromatic carbocycles. The van der Waals surface area contributed by atoms with E-state index in [0.717, 1.165) is 11.4 Å². The molecular formula is C69H48N2. The Balaban J connectivity index is 0.867. The summed E-state index contributed by atoms with van der Waals surface area (Å²) in [6.45, 7) is 0.679. The van der Waals surface area contributed by atoms with E-state index in [9.17, 15) is 0 Å². The zero-order valence-corrected chi connectivity index (χ0v) is 39.2. The monoisotopic (exact) mass is 904 g/mol. The van der Waals surface area contributed by atoms with Crippen molar-refractivity contribution in [3.05, 3.63) is 285 Å². The van der Waals surface area contributed by atoms with Crippen molar-refractivity contribution in [2.45, 2.75) is 6.54 Å². The molecule has 0 amide bonds. The lowest BCUT2D eigenvalue weighted by molar-refractivity contribution is 0.977. The van der Waals surface area contributed by atoms with Gasteiger partial charge in [0, 0.05) is 34.1 Å². The third-order valence-corrected chi connectivity index (χ3v) is 14.3. The predicted octanol–water partition coefficient (Wildman–Crippen LogP) is 18.8. The van der Waals surface area contributed by atoms with E-state index in [1.807, 2.05) is 0 Å². The van der Waals surface area contributed by atoms with Crippen molar-refractivity contribution >= 4 is 54.7 Å². The number of benzene rings is 12. The number of fused-ring (bicyclic) bond motifs is 5. The highest BCUT2D eigenvalue weighted by Gasteiger charge is 2.19. The lowest BCUT2D eigenvalue weighted by atomic mass is 9.93. The number of hydrogen-bond donors (Lipinski definition) is 0. The van der Waals surface area contributed by atoms with Crippen LogP contribution in [0, 0.1) is 0 Å². The predicted molar refractivity (Wildman–Crippen MR) is 302 cm³/mol. The second kappa shape index (κ2) is 18.0. The topological polar surface area (TPSA) is 8.17 Å². The summed E-state index contributed by atoms with van der Waals surface area (Å²) in [4.78, 5) is 2.45. The first kappa shape index (κ1) is 41.9. The van der Waals surface area contributed by atoms with Crippen LogP contribution in [0.2, 0.25) is 0 Å². The van der Waals surface area contributed by atoms with Gasteiger partial charge in [0.25, 0.3) is 0 Å².